The van der Waals surface area contributed by atoms with Gasteiger partial charge in [0.15, 0.2) is 11.5 Å². The van der Waals surface area contributed by atoms with Crippen LogP contribution >= 0.6 is 11.3 Å². The fourth-order valence-electron chi connectivity index (χ4n) is 2.65. The molecule has 0 bridgehead atoms. The van der Waals surface area contributed by atoms with E-state index in [0.29, 0.717) is 29.2 Å². The van der Waals surface area contributed by atoms with Gasteiger partial charge in [0, 0.05) is 17.4 Å². The second-order valence-corrected chi connectivity index (χ2v) is 6.40. The van der Waals surface area contributed by atoms with Gasteiger partial charge in [-0.15, -0.1) is 11.3 Å². The Morgan fingerprint density at radius 2 is 1.65 bits per heavy atom. The minimum Gasteiger partial charge on any atom is -0.493 e. The number of ether oxygens (including phenoxy) is 3. The van der Waals surface area contributed by atoms with E-state index in [1.54, 1.807) is 44.8 Å². The summed E-state index contributed by atoms with van der Waals surface area (Å²) in [6.45, 7) is 0. The van der Waals surface area contributed by atoms with E-state index in [1.165, 1.54) is 0 Å². The van der Waals surface area contributed by atoms with Crippen LogP contribution in [0, 0.1) is 11.3 Å². The molecule has 0 fully saturated rings. The van der Waals surface area contributed by atoms with Crippen LogP contribution in [0.25, 0.3) is 10.6 Å². The predicted octanol–water partition coefficient (Wildman–Crippen LogP) is 4.30. The average Bonchev–Trinajstić information content (AvgIpc) is 3.15. The van der Waals surface area contributed by atoms with Gasteiger partial charge >= 0.3 is 0 Å². The maximum Gasteiger partial charge on any atom is 0.203 e. The zero-order chi connectivity index (χ0) is 18.5. The third kappa shape index (κ3) is 3.63. The molecule has 0 aliphatic heterocycles. The van der Waals surface area contributed by atoms with Gasteiger partial charge in [0.2, 0.25) is 5.75 Å². The maximum atomic E-state index is 8.90. The molecule has 0 atom stereocenters. The molecule has 1 heterocycles. The molecule has 0 amide bonds. The van der Waals surface area contributed by atoms with Gasteiger partial charge in [0.05, 0.1) is 38.7 Å². The Balaban J connectivity index is 1.86. The Morgan fingerprint density at radius 3 is 2.19 bits per heavy atom. The Kier molecular flexibility index (Phi) is 5.40. The molecule has 132 valence electrons. The van der Waals surface area contributed by atoms with Crippen molar-refractivity contribution in [2.24, 2.45) is 0 Å². The van der Waals surface area contributed by atoms with E-state index in [9.17, 15) is 0 Å². The molecule has 0 saturated heterocycles. The molecule has 0 saturated carbocycles. The van der Waals surface area contributed by atoms with E-state index in [-0.39, 0.29) is 0 Å². The standard InChI is InChI=1S/C20H18N2O3S/c1-23-17-9-14(10-18(24-2)19(17)25-3)8-16-12-26-20(22-16)15-6-4-13(11-21)5-7-15/h4-7,9-10,12H,8H2,1-3H3. The number of aromatic nitrogens is 1. The molecule has 0 aliphatic rings. The van der Waals surface area contributed by atoms with Crippen molar-refractivity contribution in [1.29, 1.82) is 5.26 Å². The lowest BCUT2D eigenvalue weighted by Crippen LogP contribution is -1.98. The van der Waals surface area contributed by atoms with E-state index >= 15 is 0 Å². The van der Waals surface area contributed by atoms with Crippen molar-refractivity contribution in [2.75, 3.05) is 21.3 Å². The Hall–Kier alpha value is -3.04. The van der Waals surface area contributed by atoms with Gasteiger partial charge in [-0.1, -0.05) is 12.1 Å². The third-order valence-electron chi connectivity index (χ3n) is 3.92. The van der Waals surface area contributed by atoms with E-state index < -0.39 is 0 Å². The largest absolute Gasteiger partial charge is 0.493 e. The highest BCUT2D eigenvalue weighted by molar-refractivity contribution is 7.13. The van der Waals surface area contributed by atoms with Gasteiger partial charge in [-0.05, 0) is 29.8 Å². The highest BCUT2D eigenvalue weighted by Gasteiger charge is 2.14. The second-order valence-electron chi connectivity index (χ2n) is 5.54. The number of nitrogens with zero attached hydrogens (tertiary/aromatic N) is 2. The molecular weight excluding hydrogens is 348 g/mol. The minimum atomic E-state index is 0.579. The van der Waals surface area contributed by atoms with Crippen molar-refractivity contribution in [3.8, 4) is 33.9 Å². The summed E-state index contributed by atoms with van der Waals surface area (Å²) in [7, 11) is 4.80. The van der Waals surface area contributed by atoms with Crippen molar-refractivity contribution < 1.29 is 14.2 Å². The summed E-state index contributed by atoms with van der Waals surface area (Å²) in [5.41, 5.74) is 3.63. The number of hydrogen-bond donors (Lipinski definition) is 0. The molecule has 6 heteroatoms. The molecule has 0 unspecified atom stereocenters. The molecule has 1 aromatic heterocycles. The summed E-state index contributed by atoms with van der Waals surface area (Å²) >= 11 is 1.58. The molecule has 3 rings (SSSR count). The van der Waals surface area contributed by atoms with E-state index in [0.717, 1.165) is 21.8 Å². The average molecular weight is 366 g/mol. The number of rotatable bonds is 6. The van der Waals surface area contributed by atoms with Crippen molar-refractivity contribution in [1.82, 2.24) is 4.98 Å². The molecule has 2 aromatic carbocycles. The molecule has 3 aromatic rings. The normalized spacial score (nSPS) is 10.2. The lowest BCUT2D eigenvalue weighted by molar-refractivity contribution is 0.324. The Bertz CT molecular complexity index is 917. The molecule has 26 heavy (non-hydrogen) atoms. The zero-order valence-electron chi connectivity index (χ0n) is 14.8. The summed E-state index contributed by atoms with van der Waals surface area (Å²) in [4.78, 5) is 4.71. The third-order valence-corrected chi connectivity index (χ3v) is 4.86. The molecule has 0 aliphatic carbocycles. The number of hydrogen-bond acceptors (Lipinski definition) is 6. The van der Waals surface area contributed by atoms with Crippen LogP contribution in [0.4, 0.5) is 0 Å². The van der Waals surface area contributed by atoms with Crippen molar-refractivity contribution in [3.05, 3.63) is 58.6 Å². The molecule has 0 spiro atoms. The highest BCUT2D eigenvalue weighted by atomic mass is 32.1. The van der Waals surface area contributed by atoms with Gasteiger partial charge in [-0.2, -0.15) is 5.26 Å². The van der Waals surface area contributed by atoms with E-state index in [4.69, 9.17) is 24.5 Å². The van der Waals surface area contributed by atoms with Gasteiger partial charge < -0.3 is 14.2 Å². The Morgan fingerprint density at radius 1 is 1.00 bits per heavy atom. The van der Waals surface area contributed by atoms with Crippen molar-refractivity contribution in [3.63, 3.8) is 0 Å². The maximum absolute atomic E-state index is 8.90. The molecule has 0 N–H and O–H groups in total. The van der Waals surface area contributed by atoms with Gasteiger partial charge in [-0.25, -0.2) is 4.98 Å². The predicted molar refractivity (Wildman–Crippen MR) is 101 cm³/mol. The van der Waals surface area contributed by atoms with Gasteiger partial charge in [-0.3, -0.25) is 0 Å². The Labute approximate surface area is 156 Å². The van der Waals surface area contributed by atoms with Gasteiger partial charge in [0.1, 0.15) is 5.01 Å². The molecular formula is C20H18N2O3S. The van der Waals surface area contributed by atoms with Gasteiger partial charge in [0.25, 0.3) is 0 Å². The number of nitriles is 1. The summed E-state index contributed by atoms with van der Waals surface area (Å²) in [5, 5.41) is 11.9. The summed E-state index contributed by atoms with van der Waals surface area (Å²) < 4.78 is 16.2. The fraction of sp³-hybridized carbons (Fsp3) is 0.200. The zero-order valence-corrected chi connectivity index (χ0v) is 15.6. The number of benzene rings is 2. The first-order valence-electron chi connectivity index (χ1n) is 7.92. The van der Waals surface area contributed by atoms with Crippen LogP contribution in [0.5, 0.6) is 17.2 Å². The van der Waals surface area contributed by atoms with E-state index in [2.05, 4.69) is 6.07 Å². The first kappa shape index (κ1) is 17.8. The first-order chi connectivity index (χ1) is 12.7. The lowest BCUT2D eigenvalue weighted by Gasteiger charge is -2.13. The minimum absolute atomic E-state index is 0.579. The molecule has 0 radical (unpaired) electrons. The summed E-state index contributed by atoms with van der Waals surface area (Å²) in [6, 6.07) is 13.4. The quantitative estimate of drug-likeness (QED) is 0.651. The smallest absolute Gasteiger partial charge is 0.203 e. The van der Waals surface area contributed by atoms with E-state index in [1.807, 2.05) is 29.6 Å². The highest BCUT2D eigenvalue weighted by Crippen LogP contribution is 2.38. The lowest BCUT2D eigenvalue weighted by atomic mass is 10.1. The summed E-state index contributed by atoms with van der Waals surface area (Å²) in [5.74, 6) is 1.84. The number of methoxy groups -OCH3 is 3. The van der Waals surface area contributed by atoms with Crippen molar-refractivity contribution in [2.45, 2.75) is 6.42 Å². The number of thiazole rings is 1. The van der Waals surface area contributed by atoms with Crippen LogP contribution in [-0.4, -0.2) is 26.3 Å². The molecule has 5 nitrogen and oxygen atoms in total. The van der Waals surface area contributed by atoms with Crippen LogP contribution in [0.1, 0.15) is 16.8 Å². The monoisotopic (exact) mass is 366 g/mol. The van der Waals surface area contributed by atoms with Crippen molar-refractivity contribution >= 4 is 11.3 Å². The topological polar surface area (TPSA) is 64.4 Å². The van der Waals surface area contributed by atoms with Crippen LogP contribution in [0.2, 0.25) is 0 Å². The SMILES string of the molecule is COc1cc(Cc2csc(-c3ccc(C#N)cc3)n2)cc(OC)c1OC. The summed E-state index contributed by atoms with van der Waals surface area (Å²) in [6.07, 6.45) is 0.656. The second kappa shape index (κ2) is 7.89. The fourth-order valence-corrected chi connectivity index (χ4v) is 3.48. The van der Waals surface area contributed by atoms with Crippen LogP contribution in [-0.2, 0) is 6.42 Å². The van der Waals surface area contributed by atoms with Crippen LogP contribution in [0.3, 0.4) is 0 Å². The first-order valence-corrected chi connectivity index (χ1v) is 8.80. The van der Waals surface area contributed by atoms with Crippen LogP contribution in [0.15, 0.2) is 41.8 Å². The van der Waals surface area contributed by atoms with Crippen LogP contribution < -0.4 is 14.2 Å².